The summed E-state index contributed by atoms with van der Waals surface area (Å²) in [5.41, 5.74) is 1.97. The number of carbonyl (C=O) groups excluding carboxylic acids is 1. The number of alkyl carbamates (subject to hydrolysis) is 1. The Labute approximate surface area is 144 Å². The number of pyridine rings is 1. The Morgan fingerprint density at radius 3 is 2.88 bits per heavy atom. The molecule has 0 spiro atoms. The van der Waals surface area contributed by atoms with Gasteiger partial charge in [0.2, 0.25) is 0 Å². The first-order valence-electron chi connectivity index (χ1n) is 8.94. The number of fused-ring (bicyclic) bond motifs is 1. The highest BCUT2D eigenvalue weighted by molar-refractivity contribution is 5.68. The highest BCUT2D eigenvalue weighted by atomic mass is 16.6. The number of hydrogen-bond donors (Lipinski definition) is 1. The lowest BCUT2D eigenvalue weighted by molar-refractivity contribution is 0.0491. The number of likely N-dealkylation sites (tertiary alicyclic amines) is 1. The van der Waals surface area contributed by atoms with E-state index in [-0.39, 0.29) is 12.1 Å². The maximum Gasteiger partial charge on any atom is 0.407 e. The van der Waals surface area contributed by atoms with Crippen LogP contribution in [0.15, 0.2) is 18.3 Å². The van der Waals surface area contributed by atoms with Crippen LogP contribution in [0.25, 0.3) is 0 Å². The van der Waals surface area contributed by atoms with Crippen molar-refractivity contribution in [1.29, 1.82) is 0 Å². The zero-order valence-electron chi connectivity index (χ0n) is 15.2. The molecule has 2 fully saturated rings. The first-order valence-corrected chi connectivity index (χ1v) is 8.94. The van der Waals surface area contributed by atoms with Gasteiger partial charge in [0.05, 0.1) is 0 Å². The Bertz CT molecular complexity index is 597. The van der Waals surface area contributed by atoms with E-state index in [0.29, 0.717) is 11.8 Å². The minimum Gasteiger partial charge on any atom is -0.444 e. The maximum atomic E-state index is 12.1. The molecule has 0 radical (unpaired) electrons. The number of rotatable bonds is 3. The number of carbonyl (C=O) groups is 1. The summed E-state index contributed by atoms with van der Waals surface area (Å²) >= 11 is 0. The predicted octanol–water partition coefficient (Wildman–Crippen LogP) is 3.13. The number of ether oxygens (including phenoxy) is 1. The van der Waals surface area contributed by atoms with E-state index < -0.39 is 5.60 Å². The summed E-state index contributed by atoms with van der Waals surface area (Å²) < 4.78 is 5.41. The Balaban J connectivity index is 1.56. The Hall–Kier alpha value is -1.62. The summed E-state index contributed by atoms with van der Waals surface area (Å²) in [5, 5.41) is 3.10. The molecular weight excluding hydrogens is 302 g/mol. The molecule has 1 aliphatic carbocycles. The average molecular weight is 331 g/mol. The summed E-state index contributed by atoms with van der Waals surface area (Å²) in [4.78, 5) is 18.9. The summed E-state index contributed by atoms with van der Waals surface area (Å²) in [5.74, 6) is 1.22. The molecule has 1 N–H and O–H groups in total. The van der Waals surface area contributed by atoms with E-state index in [4.69, 9.17) is 4.74 Å². The molecular formula is C19H29N3O2. The van der Waals surface area contributed by atoms with E-state index in [1.165, 1.54) is 12.0 Å². The zero-order chi connectivity index (χ0) is 17.3. The standard InChI is InChI=1S/C19H29N3O2/c1-13-14(6-5-9-20-13)10-22-11-15-7-8-17(16(15)12-22)21-18(23)24-19(2,3)4/h5-6,9,15-17H,7-8,10-12H2,1-4H3,(H,21,23). The van der Waals surface area contributed by atoms with Crippen LogP contribution in [0.4, 0.5) is 4.79 Å². The van der Waals surface area contributed by atoms with Gasteiger partial charge in [-0.1, -0.05) is 6.07 Å². The Morgan fingerprint density at radius 2 is 2.17 bits per heavy atom. The Kier molecular flexibility index (Phi) is 4.81. The number of amides is 1. The summed E-state index contributed by atoms with van der Waals surface area (Å²) in [6.07, 6.45) is 3.81. The fourth-order valence-electron chi connectivity index (χ4n) is 4.05. The molecule has 24 heavy (non-hydrogen) atoms. The lowest BCUT2D eigenvalue weighted by atomic mass is 9.98. The second-order valence-corrected chi connectivity index (χ2v) is 8.20. The van der Waals surface area contributed by atoms with Crippen LogP contribution in [0, 0.1) is 18.8 Å². The van der Waals surface area contributed by atoms with Crippen LogP contribution in [0.3, 0.4) is 0 Å². The molecule has 2 aliphatic rings. The molecule has 0 aromatic carbocycles. The van der Waals surface area contributed by atoms with Crippen molar-refractivity contribution in [2.45, 2.75) is 58.7 Å². The van der Waals surface area contributed by atoms with Crippen molar-refractivity contribution in [3.8, 4) is 0 Å². The fourth-order valence-corrected chi connectivity index (χ4v) is 4.05. The fraction of sp³-hybridized carbons (Fsp3) is 0.684. The van der Waals surface area contributed by atoms with Crippen LogP contribution >= 0.6 is 0 Å². The first kappa shape index (κ1) is 17.2. The summed E-state index contributed by atoms with van der Waals surface area (Å²) in [7, 11) is 0. The highest BCUT2D eigenvalue weighted by Crippen LogP contribution is 2.38. The van der Waals surface area contributed by atoms with Gasteiger partial charge in [0.25, 0.3) is 0 Å². The van der Waals surface area contributed by atoms with Gasteiger partial charge in [-0.3, -0.25) is 9.88 Å². The molecule has 5 nitrogen and oxygen atoms in total. The third-order valence-corrected chi connectivity index (χ3v) is 5.14. The van der Waals surface area contributed by atoms with Crippen molar-refractivity contribution >= 4 is 6.09 Å². The molecule has 1 saturated carbocycles. The SMILES string of the molecule is Cc1ncccc1CN1CC2CCC(NC(=O)OC(C)(C)C)C2C1. The predicted molar refractivity (Wildman–Crippen MR) is 93.6 cm³/mol. The quantitative estimate of drug-likeness (QED) is 0.924. The van der Waals surface area contributed by atoms with E-state index in [2.05, 4.69) is 28.2 Å². The van der Waals surface area contributed by atoms with Crippen molar-refractivity contribution in [2.24, 2.45) is 11.8 Å². The molecule has 0 bridgehead atoms. The van der Waals surface area contributed by atoms with E-state index in [1.54, 1.807) is 0 Å². The molecule has 1 aromatic rings. The van der Waals surface area contributed by atoms with Gasteiger partial charge in [-0.05, 0) is 64.0 Å². The van der Waals surface area contributed by atoms with Crippen molar-refractivity contribution in [1.82, 2.24) is 15.2 Å². The maximum absolute atomic E-state index is 12.1. The first-order chi connectivity index (χ1) is 11.3. The van der Waals surface area contributed by atoms with Gasteiger partial charge < -0.3 is 10.1 Å². The molecule has 3 rings (SSSR count). The molecule has 2 heterocycles. The molecule has 1 aliphatic heterocycles. The second-order valence-electron chi connectivity index (χ2n) is 8.20. The van der Waals surface area contributed by atoms with E-state index in [9.17, 15) is 4.79 Å². The highest BCUT2D eigenvalue weighted by Gasteiger charge is 2.43. The van der Waals surface area contributed by atoms with Crippen LogP contribution in [0.2, 0.25) is 0 Å². The molecule has 132 valence electrons. The van der Waals surface area contributed by atoms with E-state index in [1.807, 2.05) is 33.0 Å². The molecule has 5 heteroatoms. The van der Waals surface area contributed by atoms with Gasteiger partial charge in [0, 0.05) is 37.6 Å². The number of nitrogens with one attached hydrogen (secondary N) is 1. The lowest BCUT2D eigenvalue weighted by Crippen LogP contribution is -2.42. The van der Waals surface area contributed by atoms with Crippen LogP contribution in [-0.4, -0.2) is 40.7 Å². The summed E-state index contributed by atoms with van der Waals surface area (Å²) in [6, 6.07) is 4.41. The van der Waals surface area contributed by atoms with E-state index >= 15 is 0 Å². The minimum atomic E-state index is -0.443. The van der Waals surface area contributed by atoms with Gasteiger partial charge >= 0.3 is 6.09 Å². The lowest BCUT2D eigenvalue weighted by Gasteiger charge is -2.25. The van der Waals surface area contributed by atoms with Gasteiger partial charge in [-0.15, -0.1) is 0 Å². The van der Waals surface area contributed by atoms with Crippen LogP contribution in [-0.2, 0) is 11.3 Å². The summed E-state index contributed by atoms with van der Waals surface area (Å²) in [6.45, 7) is 10.9. The minimum absolute atomic E-state index is 0.241. The number of aromatic nitrogens is 1. The number of nitrogens with zero attached hydrogens (tertiary/aromatic N) is 2. The van der Waals surface area contributed by atoms with Gasteiger partial charge in [0.15, 0.2) is 0 Å². The molecule has 1 amide bonds. The normalized spacial score (nSPS) is 27.1. The topological polar surface area (TPSA) is 54.5 Å². The van der Waals surface area contributed by atoms with Crippen LogP contribution in [0.1, 0.15) is 44.9 Å². The van der Waals surface area contributed by atoms with Crippen LogP contribution in [0.5, 0.6) is 0 Å². The monoisotopic (exact) mass is 331 g/mol. The van der Waals surface area contributed by atoms with Gasteiger partial charge in [-0.25, -0.2) is 4.79 Å². The van der Waals surface area contributed by atoms with Crippen molar-refractivity contribution < 1.29 is 9.53 Å². The van der Waals surface area contributed by atoms with Crippen molar-refractivity contribution in [2.75, 3.05) is 13.1 Å². The van der Waals surface area contributed by atoms with Crippen molar-refractivity contribution in [3.05, 3.63) is 29.6 Å². The third kappa shape index (κ3) is 4.07. The molecule has 1 saturated heterocycles. The van der Waals surface area contributed by atoms with Crippen LogP contribution < -0.4 is 5.32 Å². The second kappa shape index (κ2) is 6.71. The number of hydrogen-bond acceptors (Lipinski definition) is 4. The molecule has 1 aromatic heterocycles. The Morgan fingerprint density at radius 1 is 1.38 bits per heavy atom. The number of aryl methyl sites for hydroxylation is 1. The largest absolute Gasteiger partial charge is 0.444 e. The van der Waals surface area contributed by atoms with Crippen molar-refractivity contribution in [3.63, 3.8) is 0 Å². The van der Waals surface area contributed by atoms with Gasteiger partial charge in [0.1, 0.15) is 5.60 Å². The third-order valence-electron chi connectivity index (χ3n) is 5.14. The molecule has 3 unspecified atom stereocenters. The zero-order valence-corrected chi connectivity index (χ0v) is 15.2. The average Bonchev–Trinajstić information content (AvgIpc) is 3.01. The van der Waals surface area contributed by atoms with E-state index in [0.717, 1.165) is 31.7 Å². The molecule has 3 atom stereocenters. The van der Waals surface area contributed by atoms with Gasteiger partial charge in [-0.2, -0.15) is 0 Å². The smallest absolute Gasteiger partial charge is 0.407 e.